The number of hydrogen-bond acceptors (Lipinski definition) is 5. The Morgan fingerprint density at radius 1 is 0.944 bits per heavy atom. The van der Waals surface area contributed by atoms with Crippen LogP contribution in [0.1, 0.15) is 0 Å². The van der Waals surface area contributed by atoms with E-state index in [0.717, 1.165) is 5.56 Å². The van der Waals surface area contributed by atoms with Crippen LogP contribution in [0, 0.1) is 10.1 Å². The summed E-state index contributed by atoms with van der Waals surface area (Å²) in [5, 5.41) is 10.9. The zero-order valence-corrected chi connectivity index (χ0v) is 9.46. The van der Waals surface area contributed by atoms with Crippen molar-refractivity contribution >= 4 is 22.7 Å². The topological polar surface area (TPSA) is 121 Å². The molecule has 0 radical (unpaired) electrons. The van der Waals surface area contributed by atoms with E-state index in [1.165, 1.54) is 6.07 Å². The number of nitro groups is 1. The summed E-state index contributed by atoms with van der Waals surface area (Å²) < 4.78 is 0. The maximum absolute atomic E-state index is 10.9. The summed E-state index contributed by atoms with van der Waals surface area (Å²) >= 11 is 0. The van der Waals surface area contributed by atoms with Gasteiger partial charge in [0, 0.05) is 11.3 Å². The van der Waals surface area contributed by atoms with Crippen LogP contribution in [0.3, 0.4) is 0 Å². The molecule has 18 heavy (non-hydrogen) atoms. The average molecular weight is 244 g/mol. The zero-order chi connectivity index (χ0) is 13.3. The third-order valence-electron chi connectivity index (χ3n) is 2.65. The van der Waals surface area contributed by atoms with Crippen molar-refractivity contribution in [1.82, 2.24) is 0 Å². The van der Waals surface area contributed by atoms with Crippen LogP contribution in [0.2, 0.25) is 0 Å². The quantitative estimate of drug-likeness (QED) is 0.423. The van der Waals surface area contributed by atoms with Crippen LogP contribution in [-0.2, 0) is 0 Å². The van der Waals surface area contributed by atoms with Crippen molar-refractivity contribution in [2.75, 3.05) is 17.2 Å². The van der Waals surface area contributed by atoms with Gasteiger partial charge >= 0.3 is 5.69 Å². The Bertz CT molecular complexity index is 608. The maximum Gasteiger partial charge on any atom is 0.315 e. The van der Waals surface area contributed by atoms with Gasteiger partial charge in [-0.15, -0.1) is 0 Å². The molecule has 0 aliphatic heterocycles. The second-order valence-electron chi connectivity index (χ2n) is 3.84. The average Bonchev–Trinajstić information content (AvgIpc) is 2.30. The lowest BCUT2D eigenvalue weighted by Crippen LogP contribution is -2.02. The van der Waals surface area contributed by atoms with E-state index in [0.29, 0.717) is 11.3 Å². The second-order valence-corrected chi connectivity index (χ2v) is 3.84. The first kappa shape index (κ1) is 11.7. The molecule has 0 saturated carbocycles. The normalized spacial score (nSPS) is 10.2. The van der Waals surface area contributed by atoms with E-state index in [9.17, 15) is 10.1 Å². The van der Waals surface area contributed by atoms with Gasteiger partial charge in [0.1, 0.15) is 11.4 Å². The Kier molecular flexibility index (Phi) is 2.77. The van der Waals surface area contributed by atoms with Gasteiger partial charge in [-0.3, -0.25) is 10.1 Å². The molecule has 0 amide bonds. The van der Waals surface area contributed by atoms with Gasteiger partial charge in [0.25, 0.3) is 0 Å². The Labute approximate surface area is 103 Å². The summed E-state index contributed by atoms with van der Waals surface area (Å²) in [7, 11) is 0. The van der Waals surface area contributed by atoms with Crippen molar-refractivity contribution in [3.8, 4) is 11.1 Å². The SMILES string of the molecule is Nc1ccc(-c2ccc(N)c([N+](=O)[O-])c2N)cc1. The number of nitrogens with zero attached hydrogens (tertiary/aromatic N) is 1. The summed E-state index contributed by atoms with van der Waals surface area (Å²) in [5.41, 5.74) is 18.7. The molecule has 0 atom stereocenters. The van der Waals surface area contributed by atoms with Gasteiger partial charge < -0.3 is 17.2 Å². The molecule has 0 fully saturated rings. The molecule has 2 aromatic rings. The minimum absolute atomic E-state index is 0.0525. The van der Waals surface area contributed by atoms with Gasteiger partial charge in [-0.25, -0.2) is 0 Å². The summed E-state index contributed by atoms with van der Waals surface area (Å²) in [4.78, 5) is 10.3. The molecule has 0 spiro atoms. The van der Waals surface area contributed by atoms with Crippen LogP contribution in [0.25, 0.3) is 11.1 Å². The molecule has 2 rings (SSSR count). The lowest BCUT2D eigenvalue weighted by molar-refractivity contribution is -0.382. The second kappa shape index (κ2) is 4.25. The van der Waals surface area contributed by atoms with Crippen molar-refractivity contribution in [3.63, 3.8) is 0 Å². The van der Waals surface area contributed by atoms with Crippen molar-refractivity contribution in [1.29, 1.82) is 0 Å². The predicted molar refractivity (Wildman–Crippen MR) is 71.8 cm³/mol. The van der Waals surface area contributed by atoms with E-state index in [-0.39, 0.29) is 17.1 Å². The molecule has 0 saturated heterocycles. The molecule has 92 valence electrons. The third-order valence-corrected chi connectivity index (χ3v) is 2.65. The van der Waals surface area contributed by atoms with Gasteiger partial charge in [0.15, 0.2) is 0 Å². The van der Waals surface area contributed by atoms with Crippen LogP contribution in [0.4, 0.5) is 22.7 Å². The Morgan fingerprint density at radius 2 is 1.56 bits per heavy atom. The number of rotatable bonds is 2. The van der Waals surface area contributed by atoms with Gasteiger partial charge in [-0.05, 0) is 29.8 Å². The highest BCUT2D eigenvalue weighted by atomic mass is 16.6. The first-order chi connectivity index (χ1) is 8.50. The Balaban J connectivity index is 2.62. The number of nitrogen functional groups attached to an aromatic ring is 3. The lowest BCUT2D eigenvalue weighted by atomic mass is 10.0. The summed E-state index contributed by atoms with van der Waals surface area (Å²) in [5.74, 6) is 0. The zero-order valence-electron chi connectivity index (χ0n) is 9.46. The molecule has 0 heterocycles. The minimum Gasteiger partial charge on any atom is -0.399 e. The first-order valence-electron chi connectivity index (χ1n) is 5.19. The molecule has 0 aliphatic rings. The maximum atomic E-state index is 10.9. The molecule has 0 aliphatic carbocycles. The van der Waals surface area contributed by atoms with Crippen LogP contribution in [0.15, 0.2) is 36.4 Å². The Morgan fingerprint density at radius 3 is 2.11 bits per heavy atom. The fourth-order valence-corrected chi connectivity index (χ4v) is 1.74. The summed E-state index contributed by atoms with van der Waals surface area (Å²) in [6, 6.07) is 10.0. The summed E-state index contributed by atoms with van der Waals surface area (Å²) in [6.45, 7) is 0. The van der Waals surface area contributed by atoms with Crippen molar-refractivity contribution < 1.29 is 4.92 Å². The van der Waals surface area contributed by atoms with Gasteiger partial charge in [-0.2, -0.15) is 0 Å². The largest absolute Gasteiger partial charge is 0.399 e. The van der Waals surface area contributed by atoms with Crippen molar-refractivity contribution in [2.45, 2.75) is 0 Å². The van der Waals surface area contributed by atoms with Gasteiger partial charge in [-0.1, -0.05) is 12.1 Å². The highest BCUT2D eigenvalue weighted by molar-refractivity contribution is 5.88. The van der Waals surface area contributed by atoms with Gasteiger partial charge in [0.2, 0.25) is 0 Å². The number of nitrogens with two attached hydrogens (primary N) is 3. The molecular formula is C12H12N4O2. The monoisotopic (exact) mass is 244 g/mol. The molecule has 2 aromatic carbocycles. The molecule has 0 aromatic heterocycles. The number of anilines is 3. The Hall–Kier alpha value is -2.76. The number of nitro benzene ring substituents is 1. The minimum atomic E-state index is -0.578. The lowest BCUT2D eigenvalue weighted by Gasteiger charge is -2.08. The van der Waals surface area contributed by atoms with E-state index in [4.69, 9.17) is 17.2 Å². The van der Waals surface area contributed by atoms with Crippen LogP contribution < -0.4 is 17.2 Å². The number of benzene rings is 2. The van der Waals surface area contributed by atoms with Crippen LogP contribution in [0.5, 0.6) is 0 Å². The molecule has 6 heteroatoms. The van der Waals surface area contributed by atoms with Crippen molar-refractivity contribution in [3.05, 3.63) is 46.5 Å². The van der Waals surface area contributed by atoms with Crippen LogP contribution in [-0.4, -0.2) is 4.92 Å². The predicted octanol–water partition coefficient (Wildman–Crippen LogP) is 2.01. The molecule has 0 unspecified atom stereocenters. The standard InChI is InChI=1S/C12H12N4O2/c13-8-3-1-7(2-4-8)9-5-6-10(14)12(11(9)15)16(17)18/h1-6H,13-15H2. The molecule has 0 bridgehead atoms. The van der Waals surface area contributed by atoms with E-state index in [1.54, 1.807) is 30.3 Å². The third kappa shape index (κ3) is 1.91. The fourth-order valence-electron chi connectivity index (χ4n) is 1.74. The smallest absolute Gasteiger partial charge is 0.315 e. The summed E-state index contributed by atoms with van der Waals surface area (Å²) in [6.07, 6.45) is 0. The first-order valence-corrected chi connectivity index (χ1v) is 5.19. The van der Waals surface area contributed by atoms with E-state index >= 15 is 0 Å². The fraction of sp³-hybridized carbons (Fsp3) is 0. The van der Waals surface area contributed by atoms with E-state index in [2.05, 4.69) is 0 Å². The number of hydrogen-bond donors (Lipinski definition) is 3. The molecule has 6 N–H and O–H groups in total. The highest BCUT2D eigenvalue weighted by Crippen LogP contribution is 2.37. The van der Waals surface area contributed by atoms with Crippen molar-refractivity contribution in [2.24, 2.45) is 0 Å². The van der Waals surface area contributed by atoms with E-state index < -0.39 is 4.92 Å². The highest BCUT2D eigenvalue weighted by Gasteiger charge is 2.19. The molecular weight excluding hydrogens is 232 g/mol. The van der Waals surface area contributed by atoms with E-state index in [1.807, 2.05) is 0 Å². The molecule has 6 nitrogen and oxygen atoms in total. The van der Waals surface area contributed by atoms with Crippen LogP contribution >= 0.6 is 0 Å². The van der Waals surface area contributed by atoms with Gasteiger partial charge in [0.05, 0.1) is 4.92 Å².